The zero-order chi connectivity index (χ0) is 18.6. The Kier molecular flexibility index (Phi) is 3.61. The van der Waals surface area contributed by atoms with Crippen molar-refractivity contribution in [2.24, 2.45) is 5.73 Å². The average molecular weight is 351 g/mol. The van der Waals surface area contributed by atoms with Gasteiger partial charge in [0.05, 0.1) is 16.6 Å². The lowest BCUT2D eigenvalue weighted by atomic mass is 9.85. The van der Waals surface area contributed by atoms with E-state index in [1.807, 2.05) is 6.92 Å². The van der Waals surface area contributed by atoms with Gasteiger partial charge in [0.25, 0.3) is 5.91 Å². The van der Waals surface area contributed by atoms with Crippen molar-refractivity contribution < 1.29 is 9.90 Å². The molecule has 2 aromatic heterocycles. The Bertz CT molecular complexity index is 1050. The average Bonchev–Trinajstić information content (AvgIpc) is 2.82. The Morgan fingerprint density at radius 2 is 2.04 bits per heavy atom. The summed E-state index contributed by atoms with van der Waals surface area (Å²) < 4.78 is 1.71. The molecule has 7 heteroatoms. The summed E-state index contributed by atoms with van der Waals surface area (Å²) in [6.45, 7) is 3.73. The molecule has 0 radical (unpaired) electrons. The molecule has 0 bridgehead atoms. The molecule has 7 nitrogen and oxygen atoms in total. The minimum Gasteiger partial charge on any atom is -0.508 e. The standard InChI is InChI=1S/C19H21N5O2/c1-9-6-7-13(25)10(2)15(9)24-16(20)14(17(21)26)12-8-22-18(23-19(12)24)11-4-3-5-11/h6-8,11,25H,3-5,20H2,1-2H3,(H2,21,26). The van der Waals surface area contributed by atoms with E-state index in [2.05, 4.69) is 4.98 Å². The number of carbonyl (C=O) groups excluding carboxylic acids is 1. The second-order valence-electron chi connectivity index (χ2n) is 6.93. The van der Waals surface area contributed by atoms with Crippen LogP contribution in [0.3, 0.4) is 0 Å². The molecular weight excluding hydrogens is 330 g/mol. The predicted octanol–water partition coefficient (Wildman–Crippen LogP) is 2.69. The van der Waals surface area contributed by atoms with Crippen molar-refractivity contribution in [2.45, 2.75) is 39.0 Å². The highest BCUT2D eigenvalue weighted by molar-refractivity contribution is 6.10. The summed E-state index contributed by atoms with van der Waals surface area (Å²) in [5, 5.41) is 10.7. The molecule has 1 saturated carbocycles. The summed E-state index contributed by atoms with van der Waals surface area (Å²) in [6, 6.07) is 3.45. The van der Waals surface area contributed by atoms with Crippen molar-refractivity contribution in [3.8, 4) is 11.4 Å². The molecule has 26 heavy (non-hydrogen) atoms. The largest absolute Gasteiger partial charge is 0.508 e. The maximum Gasteiger partial charge on any atom is 0.253 e. The molecule has 0 atom stereocenters. The van der Waals surface area contributed by atoms with E-state index >= 15 is 0 Å². The van der Waals surface area contributed by atoms with Crippen LogP contribution in [-0.4, -0.2) is 25.5 Å². The van der Waals surface area contributed by atoms with Crippen LogP contribution < -0.4 is 11.5 Å². The van der Waals surface area contributed by atoms with Gasteiger partial charge in [-0.3, -0.25) is 9.36 Å². The van der Waals surface area contributed by atoms with Gasteiger partial charge in [0, 0.05) is 17.7 Å². The number of amides is 1. The number of nitrogen functional groups attached to an aromatic ring is 1. The Morgan fingerprint density at radius 3 is 2.65 bits per heavy atom. The lowest BCUT2D eigenvalue weighted by Gasteiger charge is -2.23. The Hall–Kier alpha value is -3.09. The Labute approximate surface area is 150 Å². The summed E-state index contributed by atoms with van der Waals surface area (Å²) in [6.07, 6.45) is 4.94. The fraction of sp³-hybridized carbons (Fsp3) is 0.316. The minimum absolute atomic E-state index is 0.153. The van der Waals surface area contributed by atoms with Crippen LogP contribution in [0.5, 0.6) is 5.75 Å². The number of phenols is 1. The highest BCUT2D eigenvalue weighted by Crippen LogP contribution is 2.38. The molecule has 1 aliphatic rings. The second kappa shape index (κ2) is 5.72. The number of aryl methyl sites for hydroxylation is 1. The molecule has 4 rings (SSSR count). The number of primary amides is 1. The number of aromatic hydroxyl groups is 1. The molecule has 0 aliphatic heterocycles. The van der Waals surface area contributed by atoms with Gasteiger partial charge in [-0.2, -0.15) is 0 Å². The van der Waals surface area contributed by atoms with E-state index in [1.54, 1.807) is 29.8 Å². The summed E-state index contributed by atoms with van der Waals surface area (Å²) >= 11 is 0. The van der Waals surface area contributed by atoms with Crippen molar-refractivity contribution in [3.05, 3.63) is 40.8 Å². The van der Waals surface area contributed by atoms with Gasteiger partial charge in [-0.15, -0.1) is 0 Å². The number of benzene rings is 1. The first-order valence-electron chi connectivity index (χ1n) is 8.66. The molecule has 1 fully saturated rings. The highest BCUT2D eigenvalue weighted by Gasteiger charge is 2.27. The Balaban J connectivity index is 2.09. The third-order valence-electron chi connectivity index (χ3n) is 5.31. The van der Waals surface area contributed by atoms with Gasteiger partial charge in [0.1, 0.15) is 17.4 Å². The summed E-state index contributed by atoms with van der Waals surface area (Å²) in [5.41, 5.74) is 14.9. The van der Waals surface area contributed by atoms with Crippen LogP contribution in [0.15, 0.2) is 18.3 Å². The third kappa shape index (κ3) is 2.23. The van der Waals surface area contributed by atoms with Gasteiger partial charge in [0.15, 0.2) is 5.65 Å². The molecule has 2 heterocycles. The van der Waals surface area contributed by atoms with Crippen LogP contribution in [0.2, 0.25) is 0 Å². The first-order valence-corrected chi connectivity index (χ1v) is 8.66. The van der Waals surface area contributed by atoms with E-state index < -0.39 is 5.91 Å². The lowest BCUT2D eigenvalue weighted by molar-refractivity contribution is 0.100. The minimum atomic E-state index is -0.623. The number of carbonyl (C=O) groups is 1. The van der Waals surface area contributed by atoms with Crippen molar-refractivity contribution in [3.63, 3.8) is 0 Å². The number of phenolic OH excluding ortho intramolecular Hbond substituents is 1. The van der Waals surface area contributed by atoms with E-state index in [-0.39, 0.29) is 17.1 Å². The van der Waals surface area contributed by atoms with E-state index in [4.69, 9.17) is 16.5 Å². The molecule has 1 aliphatic carbocycles. The zero-order valence-corrected chi connectivity index (χ0v) is 14.8. The maximum absolute atomic E-state index is 12.0. The van der Waals surface area contributed by atoms with Crippen LogP contribution >= 0.6 is 0 Å². The van der Waals surface area contributed by atoms with E-state index in [0.29, 0.717) is 28.2 Å². The van der Waals surface area contributed by atoms with Gasteiger partial charge < -0.3 is 16.6 Å². The number of aromatic nitrogens is 3. The fourth-order valence-electron chi connectivity index (χ4n) is 3.61. The third-order valence-corrected chi connectivity index (χ3v) is 5.31. The van der Waals surface area contributed by atoms with Gasteiger partial charge in [-0.25, -0.2) is 9.97 Å². The summed E-state index contributed by atoms with van der Waals surface area (Å²) in [7, 11) is 0. The molecule has 0 saturated heterocycles. The molecule has 134 valence electrons. The molecule has 0 unspecified atom stereocenters. The number of anilines is 1. The van der Waals surface area contributed by atoms with Crippen molar-refractivity contribution in [1.29, 1.82) is 0 Å². The number of hydrogen-bond acceptors (Lipinski definition) is 5. The Morgan fingerprint density at radius 1 is 1.31 bits per heavy atom. The number of nitrogens with two attached hydrogens (primary N) is 2. The number of hydrogen-bond donors (Lipinski definition) is 3. The van der Waals surface area contributed by atoms with E-state index in [1.165, 1.54) is 6.42 Å². The summed E-state index contributed by atoms with van der Waals surface area (Å²) in [4.78, 5) is 21.2. The highest BCUT2D eigenvalue weighted by atomic mass is 16.3. The van der Waals surface area contributed by atoms with E-state index in [0.717, 1.165) is 24.2 Å². The predicted molar refractivity (Wildman–Crippen MR) is 99.5 cm³/mol. The van der Waals surface area contributed by atoms with Crippen molar-refractivity contribution in [1.82, 2.24) is 14.5 Å². The topological polar surface area (TPSA) is 120 Å². The maximum atomic E-state index is 12.0. The number of nitrogens with zero attached hydrogens (tertiary/aromatic N) is 3. The van der Waals surface area contributed by atoms with Gasteiger partial charge in [-0.1, -0.05) is 12.5 Å². The van der Waals surface area contributed by atoms with Crippen LogP contribution in [-0.2, 0) is 0 Å². The molecule has 0 spiro atoms. The smallest absolute Gasteiger partial charge is 0.253 e. The van der Waals surface area contributed by atoms with Gasteiger partial charge >= 0.3 is 0 Å². The van der Waals surface area contributed by atoms with E-state index in [9.17, 15) is 9.90 Å². The molecule has 3 aromatic rings. The first-order chi connectivity index (χ1) is 12.4. The van der Waals surface area contributed by atoms with Crippen LogP contribution in [0, 0.1) is 13.8 Å². The fourth-order valence-corrected chi connectivity index (χ4v) is 3.61. The van der Waals surface area contributed by atoms with Crippen molar-refractivity contribution in [2.75, 3.05) is 5.73 Å². The van der Waals surface area contributed by atoms with Gasteiger partial charge in [-0.05, 0) is 38.3 Å². The SMILES string of the molecule is Cc1ccc(O)c(C)c1-n1c(N)c(C(N)=O)c2cnc(C3CCC3)nc21. The number of fused-ring (bicyclic) bond motifs is 1. The van der Waals surface area contributed by atoms with Crippen molar-refractivity contribution >= 4 is 22.8 Å². The molecule has 1 amide bonds. The molecule has 1 aromatic carbocycles. The second-order valence-corrected chi connectivity index (χ2v) is 6.93. The summed E-state index contributed by atoms with van der Waals surface area (Å²) in [5.74, 6) is 0.841. The monoisotopic (exact) mass is 351 g/mol. The normalized spacial score (nSPS) is 14.5. The molecule has 5 N–H and O–H groups in total. The number of rotatable bonds is 3. The molecular formula is C19H21N5O2. The zero-order valence-electron chi connectivity index (χ0n) is 14.8. The lowest BCUT2D eigenvalue weighted by Crippen LogP contribution is -2.14. The van der Waals surface area contributed by atoms with Gasteiger partial charge in [0.2, 0.25) is 0 Å². The first kappa shape index (κ1) is 16.4. The van der Waals surface area contributed by atoms with Crippen LogP contribution in [0.25, 0.3) is 16.7 Å². The van der Waals surface area contributed by atoms with Crippen LogP contribution in [0.1, 0.15) is 52.5 Å². The van der Waals surface area contributed by atoms with Crippen LogP contribution in [0.4, 0.5) is 5.82 Å². The quantitative estimate of drug-likeness (QED) is 0.670.